The van der Waals surface area contributed by atoms with Crippen molar-refractivity contribution >= 4 is 115 Å². The molecule has 4 atom stereocenters. The van der Waals surface area contributed by atoms with E-state index in [0.717, 1.165) is 37.6 Å². The number of hydrogen-bond acceptors (Lipinski definition) is 24. The lowest BCUT2D eigenvalue weighted by Crippen LogP contribution is -2.46. The van der Waals surface area contributed by atoms with E-state index in [2.05, 4.69) is 48.7 Å². The molecule has 9 heterocycles. The Bertz CT molecular complexity index is 3970. The van der Waals surface area contributed by atoms with E-state index in [-0.39, 0.29) is 84.6 Å². The van der Waals surface area contributed by atoms with Crippen LogP contribution in [0, 0.1) is 24.7 Å². The lowest BCUT2D eigenvalue weighted by Gasteiger charge is -2.29. The van der Waals surface area contributed by atoms with Gasteiger partial charge < -0.3 is 47.1 Å². The van der Waals surface area contributed by atoms with Gasteiger partial charge in [0.25, 0.3) is 5.91 Å². The number of aryl methyl sites for hydroxylation is 1. The predicted octanol–water partition coefficient (Wildman–Crippen LogP) is 8.79. The van der Waals surface area contributed by atoms with E-state index in [4.69, 9.17) is 39.6 Å². The molecular weight excluding hydrogens is 1290 g/mol. The summed E-state index contributed by atoms with van der Waals surface area (Å²) in [6.07, 6.45) is 1.08. The highest BCUT2D eigenvalue weighted by Gasteiger charge is 2.34. The van der Waals surface area contributed by atoms with E-state index in [9.17, 15) is 33.9 Å². The quantitative estimate of drug-likeness (QED) is 0.0504. The number of amides is 5. The van der Waals surface area contributed by atoms with Crippen LogP contribution in [0.3, 0.4) is 0 Å². The lowest BCUT2D eigenvalue weighted by molar-refractivity contribution is -0.128. The van der Waals surface area contributed by atoms with Crippen molar-refractivity contribution in [2.24, 2.45) is 17.8 Å². The third kappa shape index (κ3) is 15.6. The number of piperazine rings is 1. The molecule has 2 aliphatic heterocycles. The fourth-order valence-corrected chi connectivity index (χ4v) is 16.8. The zero-order chi connectivity index (χ0) is 64.6. The Morgan fingerprint density at radius 1 is 0.750 bits per heavy atom. The number of pyridine rings is 1. The standard InChI is InChI=1S/C63H71N15O8S6/c1-32(2)39-24-45(79)51-34(4)91-62(77-51)41(25-48(80)64-5)69-57(85)43-29-87-58(71-43)38-16-17-40(60-74-47(31-90-60)73-56(84)37-14-12-36(13-15-37)55(83)66-20-23-78-21-18-65-19-22-78)68-52(38)42-28-88-61(70-42)44-30-89-63(72-44)53(54(82)35-10-8-7-9-11-35)75-49(81)26-67-33(3)50-46(27-86-6)92-59(39)76-50/h7-11,16-17,28-32,36-37,39,41,53-54,65,67,82H,3,12-15,18-27H2,1-2,4-6H3,(H,64,80)(H,66,83)(H,69,85)(H,73,84)(H,75,81)/t36?,37?,39-,41+,53+,54+/m1/s1. The Labute approximate surface area is 555 Å². The highest BCUT2D eigenvalue weighted by Crippen LogP contribution is 2.41. The summed E-state index contributed by atoms with van der Waals surface area (Å²) in [7, 11) is 3.08. The van der Waals surface area contributed by atoms with E-state index in [0.29, 0.717) is 118 Å². The number of carbonyl (C=O) groups is 6. The molecule has 8 aromatic rings. The molecule has 482 valence electrons. The minimum absolute atomic E-state index is 0.0461. The van der Waals surface area contributed by atoms with Crippen molar-refractivity contribution in [3.63, 3.8) is 0 Å². The third-order valence-corrected chi connectivity index (χ3v) is 22.2. The van der Waals surface area contributed by atoms with Gasteiger partial charge in [0.2, 0.25) is 23.6 Å². The number of hydrogen-bond donors (Lipinski definition) is 8. The third-order valence-electron chi connectivity index (χ3n) is 16.4. The highest BCUT2D eigenvalue weighted by atomic mass is 32.1. The number of carbonyl (C=O) groups excluding carboxylic acids is 6. The van der Waals surface area contributed by atoms with Crippen molar-refractivity contribution in [1.82, 2.24) is 71.7 Å². The first kappa shape index (κ1) is 66.0. The Morgan fingerprint density at radius 2 is 1.45 bits per heavy atom. The van der Waals surface area contributed by atoms with Crippen LogP contribution in [-0.4, -0.2) is 140 Å². The normalized spacial score (nSPS) is 19.8. The molecule has 1 aromatic carbocycles. The van der Waals surface area contributed by atoms with E-state index < -0.39 is 30.0 Å². The molecule has 2 fully saturated rings. The monoisotopic (exact) mass is 1360 g/mol. The molecule has 11 rings (SSSR count). The van der Waals surface area contributed by atoms with Crippen LogP contribution in [0.2, 0.25) is 0 Å². The van der Waals surface area contributed by atoms with Crippen molar-refractivity contribution < 1.29 is 38.6 Å². The number of nitrogens with one attached hydrogen (secondary N) is 7. The molecule has 5 amide bonds. The summed E-state index contributed by atoms with van der Waals surface area (Å²) in [4.78, 5) is 121. The van der Waals surface area contributed by atoms with Crippen LogP contribution in [0.4, 0.5) is 5.82 Å². The highest BCUT2D eigenvalue weighted by molar-refractivity contribution is 7.15. The minimum Gasteiger partial charge on any atom is -0.386 e. The summed E-state index contributed by atoms with van der Waals surface area (Å²) in [5, 5.41) is 43.3. The number of rotatable bonds is 14. The van der Waals surface area contributed by atoms with Gasteiger partial charge >= 0.3 is 0 Å². The zero-order valence-electron chi connectivity index (χ0n) is 51.3. The fourth-order valence-electron chi connectivity index (χ4n) is 11.2. The molecule has 23 nitrogen and oxygen atoms in total. The van der Waals surface area contributed by atoms with E-state index in [1.54, 1.807) is 55.1 Å². The number of fused-ring (bicyclic) bond motifs is 14. The van der Waals surface area contributed by atoms with Crippen molar-refractivity contribution in [1.29, 1.82) is 0 Å². The number of benzene rings is 1. The van der Waals surface area contributed by atoms with Gasteiger partial charge in [-0.3, -0.25) is 33.7 Å². The van der Waals surface area contributed by atoms with Gasteiger partial charge in [0, 0.05) is 110 Å². The SMILES string of the molecule is C=C1NCC(=O)N[C@@H]([C@@H](O)c2ccccc2)c2nc(cs2)-c2nc(cs2)-c2nc(-c3nc(NC(=O)C4CCC(C(=O)NCCN5CCNCC5)CC4)cs3)ccc2-c2nc(cs2)C(=O)N[C@@H](CC(=O)NC)c2nc(c(C)s2)C(=O)C[C@H](C(C)C)c2nc1c(COC)s2. The first-order valence-corrected chi connectivity index (χ1v) is 35.5. The Balaban J connectivity index is 0.903. The first-order chi connectivity index (χ1) is 44.5. The van der Waals surface area contributed by atoms with E-state index in [1.165, 1.54) is 75.1 Å². The lowest BCUT2D eigenvalue weighted by atomic mass is 9.81. The van der Waals surface area contributed by atoms with Crippen molar-refractivity contribution in [3.05, 3.63) is 118 Å². The number of ketones is 1. The van der Waals surface area contributed by atoms with Crippen molar-refractivity contribution in [2.75, 3.05) is 65.3 Å². The average Bonchev–Trinajstić information content (AvgIpc) is 1.83. The first-order valence-electron chi connectivity index (χ1n) is 30.3. The van der Waals surface area contributed by atoms with Crippen molar-refractivity contribution in [2.45, 2.75) is 90.0 Å². The zero-order valence-corrected chi connectivity index (χ0v) is 56.2. The number of Topliss-reactive ketones (excluding diaryl/α,β-unsaturated/α-hetero) is 1. The number of aromatic nitrogens is 7. The van der Waals surface area contributed by atoms with Gasteiger partial charge in [-0.15, -0.1) is 68.0 Å². The molecule has 1 saturated heterocycles. The predicted molar refractivity (Wildman–Crippen MR) is 359 cm³/mol. The maximum atomic E-state index is 14.5. The maximum Gasteiger partial charge on any atom is 0.271 e. The molecule has 0 spiro atoms. The average molecular weight is 1360 g/mol. The van der Waals surface area contributed by atoms with Crippen LogP contribution in [-0.2, 0) is 30.5 Å². The number of thiazole rings is 6. The van der Waals surface area contributed by atoms with Crippen LogP contribution in [0.5, 0.6) is 0 Å². The van der Waals surface area contributed by atoms with Crippen molar-refractivity contribution in [3.8, 4) is 43.4 Å². The van der Waals surface area contributed by atoms with Crippen LogP contribution >= 0.6 is 68.0 Å². The second-order valence-electron chi connectivity index (χ2n) is 23.0. The van der Waals surface area contributed by atoms with Crippen LogP contribution in [0.15, 0.2) is 70.6 Å². The summed E-state index contributed by atoms with van der Waals surface area (Å²) < 4.78 is 5.60. The number of ether oxygens (including phenoxy) is 1. The molecule has 0 radical (unpaired) electrons. The molecule has 7 aromatic heterocycles. The maximum absolute atomic E-state index is 14.5. The van der Waals surface area contributed by atoms with Crippen LogP contribution < -0.4 is 37.2 Å². The number of aliphatic hydroxyl groups excluding tert-OH is 1. The van der Waals surface area contributed by atoms with Gasteiger partial charge in [0.1, 0.15) is 77.2 Å². The Morgan fingerprint density at radius 3 is 2.20 bits per heavy atom. The molecule has 1 saturated carbocycles. The summed E-state index contributed by atoms with van der Waals surface area (Å²) in [5.41, 5.74) is 4.06. The molecule has 10 bridgehead atoms. The number of nitrogens with zero attached hydrogens (tertiary/aromatic N) is 8. The van der Waals surface area contributed by atoms with Crippen LogP contribution in [0.1, 0.15) is 133 Å². The van der Waals surface area contributed by atoms with Gasteiger partial charge in [-0.05, 0) is 56.2 Å². The summed E-state index contributed by atoms with van der Waals surface area (Å²) in [6.45, 7) is 15.3. The summed E-state index contributed by atoms with van der Waals surface area (Å²) in [6, 6.07) is 10.7. The topological polar surface area (TPSA) is 310 Å². The summed E-state index contributed by atoms with van der Waals surface area (Å²) >= 11 is 7.70. The number of aliphatic hydroxyl groups is 1. The number of anilines is 1. The second-order valence-corrected chi connectivity index (χ2v) is 28.8. The van der Waals surface area contributed by atoms with Crippen LogP contribution in [0.25, 0.3) is 49.1 Å². The smallest absolute Gasteiger partial charge is 0.271 e. The van der Waals surface area contributed by atoms with E-state index in [1.807, 2.05) is 36.7 Å². The summed E-state index contributed by atoms with van der Waals surface area (Å²) in [5.74, 6) is -2.18. The van der Waals surface area contributed by atoms with Gasteiger partial charge in [0.05, 0.1) is 46.9 Å². The fraction of sp³-hybridized carbons (Fsp3) is 0.413. The van der Waals surface area contributed by atoms with Gasteiger partial charge in [0.15, 0.2) is 5.78 Å². The van der Waals surface area contributed by atoms with Gasteiger partial charge in [-0.25, -0.2) is 34.9 Å². The van der Waals surface area contributed by atoms with Gasteiger partial charge in [-0.1, -0.05) is 50.8 Å². The van der Waals surface area contributed by atoms with E-state index >= 15 is 0 Å². The second kappa shape index (κ2) is 30.1. The molecule has 92 heavy (non-hydrogen) atoms. The largest absolute Gasteiger partial charge is 0.386 e. The molecule has 1 aliphatic carbocycles. The van der Waals surface area contributed by atoms with Gasteiger partial charge in [-0.2, -0.15) is 0 Å². The molecule has 3 aliphatic rings. The Hall–Kier alpha value is -7.45. The number of methoxy groups -OCH3 is 1. The minimum atomic E-state index is -1.21. The molecule has 8 N–H and O–H groups in total. The Kier molecular flexibility index (Phi) is 21.6. The molecule has 29 heteroatoms. The molecule has 0 unspecified atom stereocenters. The molecular formula is C63H71N15O8S6.